The molecule has 2 aromatic heterocycles. The first kappa shape index (κ1) is 15.2. The lowest BCUT2D eigenvalue weighted by Crippen LogP contribution is -1.91. The number of rotatable bonds is 3. The maximum atomic E-state index is 9.88. The Morgan fingerprint density at radius 1 is 0.913 bits per heavy atom. The van der Waals surface area contributed by atoms with E-state index < -0.39 is 0 Å². The van der Waals surface area contributed by atoms with Crippen molar-refractivity contribution in [1.29, 1.82) is 0 Å². The van der Waals surface area contributed by atoms with Crippen LogP contribution in [0.4, 0.5) is 0 Å². The van der Waals surface area contributed by atoms with Crippen molar-refractivity contribution in [3.8, 4) is 28.7 Å². The zero-order chi connectivity index (χ0) is 16.6. The molecule has 2 heterocycles. The summed E-state index contributed by atoms with van der Waals surface area (Å²) in [4.78, 5) is 4.46. The van der Waals surface area contributed by atoms with Gasteiger partial charge in [0, 0.05) is 22.5 Å². The summed E-state index contributed by atoms with van der Waals surface area (Å²) in [6.45, 7) is 7.71. The number of aromatic nitrogens is 3. The third-order valence-corrected chi connectivity index (χ3v) is 3.78. The molecule has 3 aromatic rings. The minimum absolute atomic E-state index is 0.297. The molecule has 0 bridgehead atoms. The molecule has 1 aromatic carbocycles. The molecule has 0 amide bonds. The molecule has 0 saturated heterocycles. The highest BCUT2D eigenvalue weighted by Crippen LogP contribution is 2.30. The number of hydrogen-bond acceptors (Lipinski definition) is 5. The van der Waals surface area contributed by atoms with E-state index >= 15 is 0 Å². The van der Waals surface area contributed by atoms with Gasteiger partial charge in [0.2, 0.25) is 11.8 Å². The quantitative estimate of drug-likeness (QED) is 0.792. The van der Waals surface area contributed by atoms with E-state index in [1.54, 1.807) is 0 Å². The van der Waals surface area contributed by atoms with Gasteiger partial charge in [-0.25, -0.2) is 0 Å². The molecule has 0 radical (unpaired) electrons. The summed E-state index contributed by atoms with van der Waals surface area (Å²) in [6, 6.07) is 7.59. The van der Waals surface area contributed by atoms with Gasteiger partial charge in [0.15, 0.2) is 0 Å². The van der Waals surface area contributed by atoms with Gasteiger partial charge in [-0.3, -0.25) is 4.98 Å². The first-order valence-corrected chi connectivity index (χ1v) is 7.60. The van der Waals surface area contributed by atoms with Crippen LogP contribution >= 0.6 is 0 Å². The largest absolute Gasteiger partial charge is 0.507 e. The molecule has 0 fully saturated rings. The SMILES string of the molecule is CCc1cc(-c2nnc(-c3cc(C)c(O)c(C)c3)o2)cc(C)n1. The van der Waals surface area contributed by atoms with E-state index in [0.717, 1.165) is 40.1 Å². The zero-order valence-electron chi connectivity index (χ0n) is 13.7. The number of phenols is 1. The topological polar surface area (TPSA) is 72.0 Å². The lowest BCUT2D eigenvalue weighted by atomic mass is 10.1. The minimum Gasteiger partial charge on any atom is -0.507 e. The summed E-state index contributed by atoms with van der Waals surface area (Å²) in [5, 5.41) is 18.2. The Labute approximate surface area is 135 Å². The van der Waals surface area contributed by atoms with Crippen molar-refractivity contribution in [3.63, 3.8) is 0 Å². The maximum absolute atomic E-state index is 9.88. The van der Waals surface area contributed by atoms with Crippen molar-refractivity contribution in [2.75, 3.05) is 0 Å². The number of aryl methyl sites for hydroxylation is 4. The van der Waals surface area contributed by atoms with Gasteiger partial charge in [0.1, 0.15) is 5.75 Å². The molecule has 118 valence electrons. The lowest BCUT2D eigenvalue weighted by Gasteiger charge is -2.05. The van der Waals surface area contributed by atoms with E-state index in [1.165, 1.54) is 0 Å². The molecule has 5 nitrogen and oxygen atoms in total. The van der Waals surface area contributed by atoms with Crippen molar-refractivity contribution in [2.45, 2.75) is 34.1 Å². The molecular weight excluding hydrogens is 290 g/mol. The fourth-order valence-electron chi connectivity index (χ4n) is 2.58. The Morgan fingerprint density at radius 2 is 1.48 bits per heavy atom. The number of benzene rings is 1. The zero-order valence-corrected chi connectivity index (χ0v) is 13.7. The predicted molar refractivity (Wildman–Crippen MR) is 88.2 cm³/mol. The highest BCUT2D eigenvalue weighted by atomic mass is 16.4. The van der Waals surface area contributed by atoms with Crippen molar-refractivity contribution >= 4 is 0 Å². The Bertz CT molecular complexity index is 845. The number of phenolic OH excluding ortho intramolecular Hbond substituents is 1. The van der Waals surface area contributed by atoms with Gasteiger partial charge in [-0.1, -0.05) is 6.92 Å². The van der Waals surface area contributed by atoms with E-state index in [4.69, 9.17) is 4.42 Å². The summed E-state index contributed by atoms with van der Waals surface area (Å²) in [5.41, 5.74) is 5.17. The first-order valence-electron chi connectivity index (χ1n) is 7.60. The second-order valence-electron chi connectivity index (χ2n) is 5.71. The molecule has 0 spiro atoms. The normalized spacial score (nSPS) is 11.0. The van der Waals surface area contributed by atoms with E-state index in [-0.39, 0.29) is 0 Å². The van der Waals surface area contributed by atoms with Crippen LogP contribution in [0, 0.1) is 20.8 Å². The van der Waals surface area contributed by atoms with E-state index in [9.17, 15) is 5.11 Å². The Hall–Kier alpha value is -2.69. The second kappa shape index (κ2) is 5.83. The number of pyridine rings is 1. The van der Waals surface area contributed by atoms with Crippen molar-refractivity contribution in [1.82, 2.24) is 15.2 Å². The second-order valence-corrected chi connectivity index (χ2v) is 5.71. The molecule has 0 aliphatic carbocycles. The monoisotopic (exact) mass is 309 g/mol. The molecule has 3 rings (SSSR count). The van der Waals surface area contributed by atoms with Crippen molar-refractivity contribution in [3.05, 3.63) is 46.8 Å². The van der Waals surface area contributed by atoms with E-state index in [0.29, 0.717) is 17.5 Å². The van der Waals surface area contributed by atoms with E-state index in [2.05, 4.69) is 22.1 Å². The summed E-state index contributed by atoms with van der Waals surface area (Å²) in [5.74, 6) is 1.22. The van der Waals surface area contributed by atoms with Crippen LogP contribution in [0.25, 0.3) is 22.9 Å². The van der Waals surface area contributed by atoms with Crippen LogP contribution in [0.3, 0.4) is 0 Å². The van der Waals surface area contributed by atoms with Gasteiger partial charge >= 0.3 is 0 Å². The molecule has 5 heteroatoms. The third kappa shape index (κ3) is 2.95. The van der Waals surface area contributed by atoms with Crippen LogP contribution in [0.15, 0.2) is 28.7 Å². The predicted octanol–water partition coefficient (Wildman–Crippen LogP) is 3.99. The average molecular weight is 309 g/mol. The lowest BCUT2D eigenvalue weighted by molar-refractivity contribution is 0.467. The number of hydrogen-bond donors (Lipinski definition) is 1. The summed E-state index contributed by atoms with van der Waals surface area (Å²) < 4.78 is 5.83. The molecule has 0 aliphatic rings. The van der Waals surface area contributed by atoms with Gasteiger partial charge in [-0.2, -0.15) is 0 Å². The molecule has 0 unspecified atom stereocenters. The van der Waals surface area contributed by atoms with Gasteiger partial charge < -0.3 is 9.52 Å². The Kier molecular flexibility index (Phi) is 3.86. The first-order chi connectivity index (χ1) is 11.0. The van der Waals surface area contributed by atoms with E-state index in [1.807, 2.05) is 45.0 Å². The Balaban J connectivity index is 2.02. The highest BCUT2D eigenvalue weighted by Gasteiger charge is 2.14. The Morgan fingerprint density at radius 3 is 2.04 bits per heavy atom. The molecule has 0 aliphatic heterocycles. The van der Waals surface area contributed by atoms with Gasteiger partial charge in [0.25, 0.3) is 0 Å². The maximum Gasteiger partial charge on any atom is 0.248 e. The van der Waals surface area contributed by atoms with Crippen LogP contribution in [-0.2, 0) is 6.42 Å². The summed E-state index contributed by atoms with van der Waals surface area (Å²) in [7, 11) is 0. The fraction of sp³-hybridized carbons (Fsp3) is 0.278. The highest BCUT2D eigenvalue weighted by molar-refractivity contribution is 5.62. The third-order valence-electron chi connectivity index (χ3n) is 3.78. The average Bonchev–Trinajstić information content (AvgIpc) is 3.01. The fourth-order valence-corrected chi connectivity index (χ4v) is 2.58. The van der Waals surface area contributed by atoms with Gasteiger partial charge in [0.05, 0.1) is 0 Å². The van der Waals surface area contributed by atoms with Crippen LogP contribution in [-0.4, -0.2) is 20.3 Å². The van der Waals surface area contributed by atoms with Crippen molar-refractivity contribution < 1.29 is 9.52 Å². The van der Waals surface area contributed by atoms with Gasteiger partial charge in [-0.15, -0.1) is 10.2 Å². The van der Waals surface area contributed by atoms with Crippen LogP contribution < -0.4 is 0 Å². The van der Waals surface area contributed by atoms with Gasteiger partial charge in [-0.05, 0) is 62.6 Å². The number of aromatic hydroxyl groups is 1. The van der Waals surface area contributed by atoms with Crippen LogP contribution in [0.5, 0.6) is 5.75 Å². The van der Waals surface area contributed by atoms with Crippen LogP contribution in [0.2, 0.25) is 0 Å². The van der Waals surface area contributed by atoms with Crippen LogP contribution in [0.1, 0.15) is 29.4 Å². The molecule has 0 atom stereocenters. The van der Waals surface area contributed by atoms with Crippen molar-refractivity contribution in [2.24, 2.45) is 0 Å². The minimum atomic E-state index is 0.297. The molecule has 0 saturated carbocycles. The number of nitrogens with zero attached hydrogens (tertiary/aromatic N) is 3. The summed E-state index contributed by atoms with van der Waals surface area (Å²) >= 11 is 0. The summed E-state index contributed by atoms with van der Waals surface area (Å²) in [6.07, 6.45) is 0.853. The molecule has 23 heavy (non-hydrogen) atoms. The smallest absolute Gasteiger partial charge is 0.248 e. The molecule has 1 N–H and O–H groups in total. The standard InChI is InChI=1S/C18H19N3O2/c1-5-15-9-14(8-12(4)19-15)18-21-20-17(23-18)13-6-10(2)16(22)11(3)7-13/h6-9,22H,5H2,1-4H3. The molecular formula is C18H19N3O2.